The Labute approximate surface area is 319 Å². The Morgan fingerprint density at radius 1 is 0.500 bits per heavy atom. The highest BCUT2D eigenvalue weighted by Crippen LogP contribution is 2.24. The van der Waals surface area contributed by atoms with Crippen molar-refractivity contribution in [2.75, 3.05) is 29.2 Å². The lowest BCUT2D eigenvalue weighted by atomic mass is 9.80. The fraction of sp³-hybridized carbons (Fsp3) is 0.103. The van der Waals surface area contributed by atoms with E-state index in [2.05, 4.69) is 30.9 Å². The number of phenolic OH excluding ortho intramolecular Hbond substituents is 4. The van der Waals surface area contributed by atoms with Gasteiger partial charge >= 0.3 is 19.1 Å². The van der Waals surface area contributed by atoms with Gasteiger partial charge in [0.1, 0.15) is 23.0 Å². The molecular formula is C39H35BN6O10. The molecule has 284 valence electrons. The molecule has 0 bridgehead atoms. The highest BCUT2D eigenvalue weighted by atomic mass is 16.5. The summed E-state index contributed by atoms with van der Waals surface area (Å²) in [5, 5.41) is 66.8. The van der Waals surface area contributed by atoms with E-state index in [1.165, 1.54) is 24.3 Å². The molecule has 0 aliphatic rings. The minimum Gasteiger partial charge on any atom is -0.508 e. The number of benzene rings is 5. The summed E-state index contributed by atoms with van der Waals surface area (Å²) in [5.74, 6) is -1.77. The highest BCUT2D eigenvalue weighted by molar-refractivity contribution is 6.58. The highest BCUT2D eigenvalue weighted by Gasteiger charge is 2.14. The van der Waals surface area contributed by atoms with Crippen molar-refractivity contribution in [3.05, 3.63) is 131 Å². The van der Waals surface area contributed by atoms with Gasteiger partial charge in [0.05, 0.1) is 24.3 Å². The van der Waals surface area contributed by atoms with E-state index in [-0.39, 0.29) is 65.2 Å². The third-order valence-corrected chi connectivity index (χ3v) is 8.04. The van der Waals surface area contributed by atoms with Gasteiger partial charge in [-0.2, -0.15) is 15.0 Å². The van der Waals surface area contributed by atoms with Crippen LogP contribution in [0.1, 0.15) is 31.8 Å². The number of carbonyl (C=O) groups excluding carboxylic acids is 2. The Morgan fingerprint density at radius 3 is 1.14 bits per heavy atom. The smallest absolute Gasteiger partial charge is 0.488 e. The Balaban J connectivity index is 1.10. The molecule has 0 aliphatic heterocycles. The zero-order valence-corrected chi connectivity index (χ0v) is 29.5. The summed E-state index contributed by atoms with van der Waals surface area (Å²) in [6, 6.07) is 28.0. The number of nitrogens with one attached hydrogen (secondary N) is 3. The molecule has 0 radical (unpaired) electrons. The molecule has 0 amide bonds. The van der Waals surface area contributed by atoms with Crippen LogP contribution in [0, 0.1) is 0 Å². The van der Waals surface area contributed by atoms with Crippen LogP contribution in [-0.2, 0) is 22.3 Å². The molecule has 0 atom stereocenters. The Hall–Kier alpha value is -7.37. The van der Waals surface area contributed by atoms with Gasteiger partial charge in [0.15, 0.2) is 0 Å². The molecule has 0 aliphatic carbocycles. The molecule has 6 rings (SSSR count). The van der Waals surface area contributed by atoms with Crippen LogP contribution < -0.4 is 21.4 Å². The minimum absolute atomic E-state index is 0.0337. The number of esters is 2. The summed E-state index contributed by atoms with van der Waals surface area (Å²) < 4.78 is 10.6. The zero-order valence-electron chi connectivity index (χ0n) is 29.5. The number of aromatic nitrogens is 3. The number of hydrogen-bond acceptors (Lipinski definition) is 16. The summed E-state index contributed by atoms with van der Waals surface area (Å²) in [6.45, 7) is 0.136. The molecule has 9 N–H and O–H groups in total. The van der Waals surface area contributed by atoms with Crippen molar-refractivity contribution < 1.29 is 49.5 Å². The topological polar surface area (TPSA) is 249 Å². The lowest BCUT2D eigenvalue weighted by Gasteiger charge is -2.13. The quantitative estimate of drug-likeness (QED) is 0.0520. The number of aromatic hydroxyl groups is 4. The van der Waals surface area contributed by atoms with Crippen molar-refractivity contribution in [1.82, 2.24) is 15.0 Å². The lowest BCUT2D eigenvalue weighted by Crippen LogP contribution is -2.29. The van der Waals surface area contributed by atoms with Crippen LogP contribution in [0.15, 0.2) is 109 Å². The first-order chi connectivity index (χ1) is 26.9. The van der Waals surface area contributed by atoms with Gasteiger partial charge in [-0.15, -0.1) is 0 Å². The van der Waals surface area contributed by atoms with Crippen LogP contribution in [-0.4, -0.2) is 77.7 Å². The van der Waals surface area contributed by atoms with Crippen LogP contribution in [0.2, 0.25) is 0 Å². The van der Waals surface area contributed by atoms with E-state index in [0.29, 0.717) is 35.4 Å². The van der Waals surface area contributed by atoms with Crippen molar-refractivity contribution in [2.24, 2.45) is 0 Å². The van der Waals surface area contributed by atoms with Crippen LogP contribution in [0.5, 0.6) is 23.0 Å². The summed E-state index contributed by atoms with van der Waals surface area (Å²) in [6.07, 6.45) is 0.816. The number of ether oxygens (including phenoxy) is 2. The molecule has 16 nitrogen and oxygen atoms in total. The monoisotopic (exact) mass is 758 g/mol. The van der Waals surface area contributed by atoms with E-state index in [0.717, 1.165) is 23.3 Å². The van der Waals surface area contributed by atoms with Gasteiger partial charge in [-0.05, 0) is 77.3 Å². The van der Waals surface area contributed by atoms with Crippen LogP contribution in [0.3, 0.4) is 0 Å². The number of nitrogens with zero attached hydrogens (tertiary/aromatic N) is 3. The van der Waals surface area contributed by atoms with Crippen LogP contribution in [0.25, 0.3) is 0 Å². The number of rotatable bonds is 15. The molecule has 1 heterocycles. The van der Waals surface area contributed by atoms with E-state index < -0.39 is 19.1 Å². The third kappa shape index (κ3) is 10.8. The molecule has 0 spiro atoms. The molecule has 6 aromatic rings. The number of phenols is 4. The second-order valence-electron chi connectivity index (χ2n) is 12.3. The summed E-state index contributed by atoms with van der Waals surface area (Å²) >= 11 is 0. The van der Waals surface area contributed by atoms with Crippen LogP contribution in [0.4, 0.5) is 34.9 Å². The third-order valence-electron chi connectivity index (χ3n) is 8.04. The first-order valence-electron chi connectivity index (χ1n) is 17.1. The normalized spacial score (nSPS) is 10.7. The summed E-state index contributed by atoms with van der Waals surface area (Å²) in [7, 11) is -1.61. The molecule has 1 aromatic heterocycles. The molecule has 0 unspecified atom stereocenters. The average molecular weight is 759 g/mol. The predicted octanol–water partition coefficient (Wildman–Crippen LogP) is 4.40. The second kappa shape index (κ2) is 17.6. The van der Waals surface area contributed by atoms with E-state index in [4.69, 9.17) is 9.47 Å². The fourth-order valence-electron chi connectivity index (χ4n) is 5.29. The Kier molecular flexibility index (Phi) is 12.1. The Morgan fingerprint density at radius 2 is 0.821 bits per heavy atom. The maximum Gasteiger partial charge on any atom is 0.488 e. The maximum absolute atomic E-state index is 12.3. The Bertz CT molecular complexity index is 2140. The van der Waals surface area contributed by atoms with Gasteiger partial charge in [-0.3, -0.25) is 0 Å². The summed E-state index contributed by atoms with van der Waals surface area (Å²) in [4.78, 5) is 38.2. The molecule has 0 fully saturated rings. The number of anilines is 6. The van der Waals surface area contributed by atoms with E-state index >= 15 is 0 Å². The van der Waals surface area contributed by atoms with Crippen molar-refractivity contribution >= 4 is 59.4 Å². The van der Waals surface area contributed by atoms with Crippen molar-refractivity contribution in [3.63, 3.8) is 0 Å². The fourth-order valence-corrected chi connectivity index (χ4v) is 5.29. The number of carbonyl (C=O) groups is 2. The van der Waals surface area contributed by atoms with E-state index in [1.54, 1.807) is 48.5 Å². The van der Waals surface area contributed by atoms with Gasteiger partial charge in [-0.25, -0.2) is 9.59 Å². The van der Waals surface area contributed by atoms with Gasteiger partial charge in [0.25, 0.3) is 0 Å². The van der Waals surface area contributed by atoms with Crippen LogP contribution >= 0.6 is 0 Å². The minimum atomic E-state index is -1.61. The zero-order chi connectivity index (χ0) is 39.6. The molecule has 0 saturated carbocycles. The van der Waals surface area contributed by atoms with Gasteiger partial charge in [0.2, 0.25) is 17.8 Å². The second-order valence-corrected chi connectivity index (χ2v) is 12.3. The standard InChI is InChI=1S/C39H35BN6O10/c47-31-17-25(18-32(48)21-31)35(51)55-15-13-23-1-7-28(8-2-23)41-37-44-38(46-39(45-37)43-30-11-5-27(6-12-30)40(53)54)42-29-9-3-24(4-10-29)14-16-56-36(52)26-19-33(49)22-34(50)20-26/h1-12,17-22,47-50,53-54H,13-16H2,(H3,41,42,43,44,45,46). The van der Waals surface area contributed by atoms with Gasteiger partial charge in [-0.1, -0.05) is 36.4 Å². The molecule has 56 heavy (non-hydrogen) atoms. The maximum atomic E-state index is 12.3. The summed E-state index contributed by atoms with van der Waals surface area (Å²) in [5.41, 5.74) is 4.00. The first kappa shape index (κ1) is 38.4. The molecule has 5 aromatic carbocycles. The molecular weight excluding hydrogens is 723 g/mol. The SMILES string of the molecule is O=C(OCCc1ccc(Nc2nc(Nc3ccc(CCOC(=O)c4cc(O)cc(O)c4)cc3)nc(Nc3ccc(B(O)O)cc3)n2)cc1)c1cc(O)cc(O)c1. The average Bonchev–Trinajstić information content (AvgIpc) is 3.15. The molecule has 0 saturated heterocycles. The van der Waals surface area contributed by atoms with Gasteiger partial charge < -0.3 is 55.9 Å². The lowest BCUT2D eigenvalue weighted by molar-refractivity contribution is 0.0499. The van der Waals surface area contributed by atoms with Crippen molar-refractivity contribution in [2.45, 2.75) is 12.8 Å². The van der Waals surface area contributed by atoms with Gasteiger partial charge in [0, 0.05) is 42.0 Å². The van der Waals surface area contributed by atoms with E-state index in [1.807, 2.05) is 24.3 Å². The van der Waals surface area contributed by atoms with E-state index in [9.17, 15) is 40.1 Å². The number of hydrogen-bond donors (Lipinski definition) is 9. The van der Waals surface area contributed by atoms with Crippen molar-refractivity contribution in [3.8, 4) is 23.0 Å². The molecule has 17 heteroatoms. The predicted molar refractivity (Wildman–Crippen MR) is 206 cm³/mol. The van der Waals surface area contributed by atoms with Crippen molar-refractivity contribution in [1.29, 1.82) is 0 Å². The largest absolute Gasteiger partial charge is 0.508 e. The first-order valence-corrected chi connectivity index (χ1v) is 17.1.